The van der Waals surface area contributed by atoms with Crippen molar-refractivity contribution in [2.24, 2.45) is 5.92 Å². The van der Waals surface area contributed by atoms with Gasteiger partial charge in [-0.15, -0.1) is 0 Å². The van der Waals surface area contributed by atoms with Crippen LogP contribution in [0.5, 0.6) is 0 Å². The van der Waals surface area contributed by atoms with Crippen molar-refractivity contribution in [3.05, 3.63) is 59.9 Å². The Morgan fingerprint density at radius 2 is 1.76 bits per heavy atom. The quantitative estimate of drug-likeness (QED) is 0.537. The summed E-state index contributed by atoms with van der Waals surface area (Å²) in [5.41, 5.74) is 2.69. The molecule has 2 heterocycles. The summed E-state index contributed by atoms with van der Waals surface area (Å²) in [5.74, 6) is -0.299. The van der Waals surface area contributed by atoms with Crippen LogP contribution in [0.4, 0.5) is 5.69 Å². The molecule has 33 heavy (non-hydrogen) atoms. The van der Waals surface area contributed by atoms with Crippen LogP contribution in [0.15, 0.2) is 48.5 Å². The van der Waals surface area contributed by atoms with Crippen LogP contribution in [0.1, 0.15) is 62.4 Å². The van der Waals surface area contributed by atoms with Gasteiger partial charge in [-0.05, 0) is 44.0 Å². The fourth-order valence-electron chi connectivity index (χ4n) is 4.23. The van der Waals surface area contributed by atoms with Gasteiger partial charge in [0, 0.05) is 6.04 Å². The van der Waals surface area contributed by atoms with Gasteiger partial charge in [0.05, 0.1) is 34.7 Å². The number of anilines is 1. The minimum atomic E-state index is -0.971. The number of carbonyl (C=O) groups is 3. The van der Waals surface area contributed by atoms with E-state index < -0.39 is 11.9 Å². The lowest BCUT2D eigenvalue weighted by atomic mass is 10.0. The molecular weight excluding hydrogens is 418 g/mol. The first-order chi connectivity index (χ1) is 15.8. The Bertz CT molecular complexity index is 1210. The number of nitrogens with zero attached hydrogens (tertiary/aromatic N) is 2. The zero-order valence-corrected chi connectivity index (χ0v) is 19.3. The standard InChI is InChI=1S/C25H29N5O3/c1-14(2)22(23-26-18-11-7-8-12-20(18)30(23)15(3)4)29-21(31)13-19-25(33)27-17-10-6-5-9-16(17)24(32)28-19/h5-12,14-15,19,22H,13H2,1-4H3,(H,27,33)(H,28,32)(H,29,31)/t19-,22+/m1/s1. The van der Waals surface area contributed by atoms with E-state index >= 15 is 0 Å². The second-order valence-electron chi connectivity index (χ2n) is 8.98. The fraction of sp³-hybridized carbons (Fsp3) is 0.360. The normalized spacial score (nSPS) is 16.8. The summed E-state index contributed by atoms with van der Waals surface area (Å²) in [6.07, 6.45) is -0.170. The van der Waals surface area contributed by atoms with E-state index in [4.69, 9.17) is 4.98 Å². The molecule has 8 nitrogen and oxygen atoms in total. The number of imidazole rings is 1. The van der Waals surface area contributed by atoms with Crippen LogP contribution in [-0.2, 0) is 9.59 Å². The predicted octanol–water partition coefficient (Wildman–Crippen LogP) is 3.57. The van der Waals surface area contributed by atoms with Gasteiger partial charge in [-0.1, -0.05) is 38.1 Å². The molecule has 3 aromatic rings. The number of fused-ring (bicyclic) bond motifs is 2. The Morgan fingerprint density at radius 1 is 1.06 bits per heavy atom. The van der Waals surface area contributed by atoms with Gasteiger partial charge in [-0.25, -0.2) is 4.98 Å². The molecule has 2 atom stereocenters. The van der Waals surface area contributed by atoms with Gasteiger partial charge in [0.1, 0.15) is 11.9 Å². The topological polar surface area (TPSA) is 105 Å². The van der Waals surface area contributed by atoms with Crippen LogP contribution in [0.3, 0.4) is 0 Å². The molecule has 1 aliphatic rings. The molecule has 0 unspecified atom stereocenters. The number of para-hydroxylation sites is 3. The number of rotatable bonds is 6. The molecule has 0 radical (unpaired) electrons. The van der Waals surface area contributed by atoms with Gasteiger partial charge >= 0.3 is 0 Å². The second kappa shape index (κ2) is 9.05. The smallest absolute Gasteiger partial charge is 0.254 e. The largest absolute Gasteiger partial charge is 0.346 e. The van der Waals surface area contributed by atoms with Crippen LogP contribution >= 0.6 is 0 Å². The third-order valence-corrected chi connectivity index (χ3v) is 5.84. The van der Waals surface area contributed by atoms with Crippen LogP contribution in [0.25, 0.3) is 11.0 Å². The number of hydrogen-bond donors (Lipinski definition) is 3. The molecule has 0 saturated carbocycles. The summed E-state index contributed by atoms with van der Waals surface area (Å²) in [5, 5.41) is 8.48. The maximum atomic E-state index is 13.1. The molecule has 0 bridgehead atoms. The van der Waals surface area contributed by atoms with Crippen molar-refractivity contribution in [2.75, 3.05) is 5.32 Å². The van der Waals surface area contributed by atoms with Gasteiger partial charge in [-0.3, -0.25) is 14.4 Å². The Labute approximate surface area is 192 Å². The second-order valence-corrected chi connectivity index (χ2v) is 8.98. The lowest BCUT2D eigenvalue weighted by Gasteiger charge is -2.25. The van der Waals surface area contributed by atoms with Gasteiger partial charge in [0.15, 0.2) is 0 Å². The molecule has 1 aliphatic heterocycles. The van der Waals surface area contributed by atoms with Crippen LogP contribution < -0.4 is 16.0 Å². The van der Waals surface area contributed by atoms with E-state index in [-0.39, 0.29) is 36.2 Å². The van der Waals surface area contributed by atoms with E-state index in [1.807, 2.05) is 38.1 Å². The average molecular weight is 448 g/mol. The third kappa shape index (κ3) is 4.46. The molecule has 172 valence electrons. The molecule has 3 amide bonds. The van der Waals surface area contributed by atoms with Crippen molar-refractivity contribution in [1.29, 1.82) is 0 Å². The summed E-state index contributed by atoms with van der Waals surface area (Å²) in [4.78, 5) is 43.1. The summed E-state index contributed by atoms with van der Waals surface area (Å²) in [6.45, 7) is 8.21. The Kier molecular flexibility index (Phi) is 6.18. The van der Waals surface area contributed by atoms with Crippen molar-refractivity contribution >= 4 is 34.4 Å². The maximum absolute atomic E-state index is 13.1. The van der Waals surface area contributed by atoms with E-state index in [0.29, 0.717) is 11.3 Å². The first-order valence-corrected chi connectivity index (χ1v) is 11.2. The third-order valence-electron chi connectivity index (χ3n) is 5.84. The van der Waals surface area contributed by atoms with Crippen molar-refractivity contribution in [3.8, 4) is 0 Å². The van der Waals surface area contributed by atoms with Crippen molar-refractivity contribution in [1.82, 2.24) is 20.2 Å². The average Bonchev–Trinajstić information content (AvgIpc) is 3.11. The number of amides is 3. The summed E-state index contributed by atoms with van der Waals surface area (Å²) in [6, 6.07) is 13.5. The van der Waals surface area contributed by atoms with Crippen LogP contribution in [-0.4, -0.2) is 33.3 Å². The zero-order chi connectivity index (χ0) is 23.7. The van der Waals surface area contributed by atoms with Crippen molar-refractivity contribution in [2.45, 2.75) is 52.2 Å². The SMILES string of the molecule is CC(C)[C@H](NC(=O)C[C@H]1NC(=O)c2ccccc2NC1=O)c1nc2ccccc2n1C(C)C. The van der Waals surface area contributed by atoms with Crippen LogP contribution in [0.2, 0.25) is 0 Å². The highest BCUT2D eigenvalue weighted by molar-refractivity contribution is 6.10. The lowest BCUT2D eigenvalue weighted by Crippen LogP contribution is -2.45. The monoisotopic (exact) mass is 447 g/mol. The number of carbonyl (C=O) groups excluding carboxylic acids is 3. The molecule has 0 fully saturated rings. The highest BCUT2D eigenvalue weighted by Gasteiger charge is 2.31. The minimum absolute atomic E-state index is 0.0602. The molecule has 1 aromatic heterocycles. The predicted molar refractivity (Wildman–Crippen MR) is 127 cm³/mol. The van der Waals surface area contributed by atoms with Crippen LogP contribution in [0, 0.1) is 5.92 Å². The summed E-state index contributed by atoms with van der Waals surface area (Å²) in [7, 11) is 0. The van der Waals surface area contributed by atoms with Gasteiger partial charge in [-0.2, -0.15) is 0 Å². The van der Waals surface area contributed by atoms with Gasteiger partial charge < -0.3 is 20.5 Å². The number of aromatic nitrogens is 2. The highest BCUT2D eigenvalue weighted by Crippen LogP contribution is 2.29. The number of benzene rings is 2. The zero-order valence-electron chi connectivity index (χ0n) is 19.3. The molecular formula is C25H29N5O3. The van der Waals surface area contributed by atoms with Crippen molar-refractivity contribution in [3.63, 3.8) is 0 Å². The minimum Gasteiger partial charge on any atom is -0.346 e. The van der Waals surface area contributed by atoms with E-state index in [9.17, 15) is 14.4 Å². The van der Waals surface area contributed by atoms with Gasteiger partial charge in [0.2, 0.25) is 11.8 Å². The summed E-state index contributed by atoms with van der Waals surface area (Å²) >= 11 is 0. The van der Waals surface area contributed by atoms with E-state index in [0.717, 1.165) is 16.9 Å². The number of hydrogen-bond acceptors (Lipinski definition) is 4. The Hall–Kier alpha value is -3.68. The molecule has 8 heteroatoms. The van der Waals surface area contributed by atoms with Crippen molar-refractivity contribution < 1.29 is 14.4 Å². The maximum Gasteiger partial charge on any atom is 0.254 e. The lowest BCUT2D eigenvalue weighted by molar-refractivity contribution is -0.126. The molecule has 3 N–H and O–H groups in total. The molecule has 0 spiro atoms. The molecule has 4 rings (SSSR count). The Balaban J connectivity index is 1.56. The van der Waals surface area contributed by atoms with E-state index in [2.05, 4.69) is 34.4 Å². The highest BCUT2D eigenvalue weighted by atomic mass is 16.2. The van der Waals surface area contributed by atoms with E-state index in [1.165, 1.54) is 0 Å². The van der Waals surface area contributed by atoms with E-state index in [1.54, 1.807) is 24.3 Å². The Morgan fingerprint density at radius 3 is 2.48 bits per heavy atom. The molecule has 2 aromatic carbocycles. The first-order valence-electron chi connectivity index (χ1n) is 11.2. The first kappa shape index (κ1) is 22.5. The van der Waals surface area contributed by atoms with Gasteiger partial charge in [0.25, 0.3) is 5.91 Å². The fourth-order valence-corrected chi connectivity index (χ4v) is 4.23. The molecule has 0 aliphatic carbocycles. The molecule has 0 saturated heterocycles. The number of nitrogens with one attached hydrogen (secondary N) is 3. The summed E-state index contributed by atoms with van der Waals surface area (Å²) < 4.78 is 2.14.